The molecule has 0 aliphatic heterocycles. The monoisotopic (exact) mass is 1350 g/mol. The van der Waals surface area contributed by atoms with Gasteiger partial charge in [0, 0.05) is 61.6 Å². The summed E-state index contributed by atoms with van der Waals surface area (Å²) < 4.78 is 28.4. The Hall–Kier alpha value is -8.18. The van der Waals surface area contributed by atoms with Gasteiger partial charge in [0.2, 0.25) is 23.6 Å². The average molecular weight is 1350 g/mol. The van der Waals surface area contributed by atoms with Crippen LogP contribution in [0.15, 0.2) is 157 Å². The number of rotatable bonds is 35. The number of allylic oxidation sites excluding steroid dienone is 1. The van der Waals surface area contributed by atoms with Crippen LogP contribution < -0.4 is 46.5 Å². The molecule has 2 unspecified atom stereocenters. The van der Waals surface area contributed by atoms with E-state index in [1.165, 1.54) is 57.8 Å². The minimum Gasteiger partial charge on any atom is -0.497 e. The lowest BCUT2D eigenvalue weighted by molar-refractivity contribution is -0.223. The smallest absolute Gasteiger partial charge is 0.313 e. The summed E-state index contributed by atoms with van der Waals surface area (Å²) in [6.45, 7) is 12.5. The highest BCUT2D eigenvalue weighted by Crippen LogP contribution is 2.67. The molecule has 6 aromatic carbocycles. The van der Waals surface area contributed by atoms with Crippen molar-refractivity contribution >= 4 is 40.7 Å². The summed E-state index contributed by atoms with van der Waals surface area (Å²) in [7, 11) is 3.23. The van der Waals surface area contributed by atoms with E-state index in [0.717, 1.165) is 87.6 Å². The molecule has 6 aromatic rings. The van der Waals surface area contributed by atoms with Crippen LogP contribution in [0.25, 0.3) is 22.3 Å². The molecule has 4 aliphatic rings. The number of unbranched alkanes of at least 4 members (excludes halogenated alkanes) is 1. The molecule has 16 nitrogen and oxygen atoms in total. The normalized spacial score (nSPS) is 22.0. The van der Waals surface area contributed by atoms with E-state index in [1.807, 2.05) is 48.5 Å². The lowest BCUT2D eigenvalue weighted by atomic mass is 9.47. The first-order chi connectivity index (χ1) is 47.9. The molecule has 99 heavy (non-hydrogen) atoms. The van der Waals surface area contributed by atoms with E-state index in [4.69, 9.17) is 29.4 Å². The highest BCUT2D eigenvalue weighted by molar-refractivity contribution is 5.98. The lowest BCUT2D eigenvalue weighted by Crippen LogP contribution is -2.53. The molecule has 10 rings (SSSR count). The van der Waals surface area contributed by atoms with Crippen molar-refractivity contribution in [2.24, 2.45) is 46.3 Å². The number of nitrogens with two attached hydrogens (primary N) is 1. The number of aliphatic hydroxyl groups excluding tert-OH is 1. The minimum atomic E-state index is -1.54. The van der Waals surface area contributed by atoms with Gasteiger partial charge in [-0.3, -0.25) is 19.2 Å². The molecule has 16 heteroatoms. The highest BCUT2D eigenvalue weighted by Gasteiger charge is 2.59. The van der Waals surface area contributed by atoms with Gasteiger partial charge in [-0.15, -0.1) is 0 Å². The van der Waals surface area contributed by atoms with E-state index < -0.39 is 36.3 Å². The molecule has 0 heterocycles. The zero-order valence-corrected chi connectivity index (χ0v) is 59.5. The third kappa shape index (κ3) is 19.6. The molecule has 8 N–H and O–H groups in total. The van der Waals surface area contributed by atoms with E-state index in [1.54, 1.807) is 80.5 Å². The molecule has 11 atom stereocenters. The zero-order chi connectivity index (χ0) is 69.9. The average Bonchev–Trinajstić information content (AvgIpc) is 1.69. The van der Waals surface area contributed by atoms with Crippen LogP contribution in [-0.4, -0.2) is 87.3 Å². The van der Waals surface area contributed by atoms with Gasteiger partial charge in [0.1, 0.15) is 29.3 Å². The van der Waals surface area contributed by atoms with Gasteiger partial charge in [-0.05, 0) is 218 Å². The van der Waals surface area contributed by atoms with Gasteiger partial charge in [-0.1, -0.05) is 144 Å². The van der Waals surface area contributed by atoms with Crippen molar-refractivity contribution in [3.8, 4) is 39.5 Å². The van der Waals surface area contributed by atoms with Gasteiger partial charge < -0.3 is 61.1 Å². The van der Waals surface area contributed by atoms with Crippen molar-refractivity contribution in [3.63, 3.8) is 0 Å². The van der Waals surface area contributed by atoms with E-state index in [0.29, 0.717) is 72.8 Å². The van der Waals surface area contributed by atoms with Crippen LogP contribution in [0.1, 0.15) is 155 Å². The van der Waals surface area contributed by atoms with Crippen LogP contribution in [0.5, 0.6) is 17.2 Å². The van der Waals surface area contributed by atoms with Gasteiger partial charge in [0.05, 0.1) is 26.9 Å². The van der Waals surface area contributed by atoms with Crippen LogP contribution >= 0.6 is 0 Å². The van der Waals surface area contributed by atoms with Gasteiger partial charge in [0.15, 0.2) is 0 Å². The number of benzene rings is 6. The molecule has 3 fully saturated rings. The molecule has 4 aliphatic carbocycles. The van der Waals surface area contributed by atoms with Crippen LogP contribution in [0.2, 0.25) is 0 Å². The number of carbonyl (C=O) groups excluding carboxylic acids is 4. The SMILES string of the molecule is COc1ccc(C[C@H](NC(=O)CCC(=O)NCCCO[C@H]2CC[C@@]3(C)C(=CCC4[C@@H]5CC[C@H]([C@H](C)CCCC(C)C)[C@@]5(C)CC[C@@H]43)C2)C(=O)N[C@@H](CCCCNc2ccccc2-c2ccccc2-c2ccc(OC)cc2)C(=O)Nc2ccc(COC(O)Oc3ccc(N)cc3)cc2)cc1. The summed E-state index contributed by atoms with van der Waals surface area (Å²) in [6.07, 6.45) is 18.9. The number of methoxy groups -OCH3 is 2. The fourth-order valence-electron chi connectivity index (χ4n) is 16.8. The fourth-order valence-corrected chi connectivity index (χ4v) is 16.8. The standard InChI is InChI=1S/C83H108N6O10/c1-55(2)16-14-17-56(3)71-41-42-72-70-40-29-60-53-66(45-47-82(60,4)73(70)46-48-83(71,72)5)97-51-15-50-86-77(90)43-44-78(91)88-76(52-57-25-34-63(95-6)35-26-57)80(93)89-75(79(92)87-62-32-23-58(24-33-62)54-98-81(94)99-65-38-30-61(84)31-39-65)22-12-13-49-85-74-21-11-10-20-69(74)68-19-9-8-18-67(68)59-27-36-64(96-7)37-28-59/h8-11,18-21,23-39,55-56,66,70-73,75-76,81,85,94H,12-17,22,40-54,84H2,1-7H3,(H,86,90)(H,87,92)(H,88,91)(H,89,93)/t56-,66+,70?,71-,72+,73+,75+,76+,81?,82+,83-/m1/s1. The molecule has 0 saturated heterocycles. The number of nitrogens with one attached hydrogen (secondary N) is 5. The Labute approximate surface area is 587 Å². The number of para-hydroxylation sites is 1. The van der Waals surface area contributed by atoms with Crippen LogP contribution in [0.3, 0.4) is 0 Å². The minimum absolute atomic E-state index is 0.0106. The second-order valence-corrected chi connectivity index (χ2v) is 29.2. The molecular weight excluding hydrogens is 1240 g/mol. The van der Waals surface area contributed by atoms with Crippen molar-refractivity contribution < 1.29 is 48.0 Å². The zero-order valence-electron chi connectivity index (χ0n) is 59.5. The molecule has 0 radical (unpaired) electrons. The van der Waals surface area contributed by atoms with Gasteiger partial charge in [-0.25, -0.2) is 0 Å². The maximum Gasteiger partial charge on any atom is 0.313 e. The lowest BCUT2D eigenvalue weighted by Gasteiger charge is -2.58. The molecule has 530 valence electrons. The van der Waals surface area contributed by atoms with Crippen LogP contribution in [0.4, 0.5) is 17.1 Å². The topological polar surface area (TPSA) is 221 Å². The molecule has 3 saturated carbocycles. The number of hydrogen-bond donors (Lipinski definition) is 7. The third-order valence-electron chi connectivity index (χ3n) is 22.2. The van der Waals surface area contributed by atoms with E-state index in [9.17, 15) is 24.3 Å². The Kier molecular flexibility index (Phi) is 26.2. The quantitative estimate of drug-likeness (QED) is 0.00855. The predicted octanol–water partition coefficient (Wildman–Crippen LogP) is 15.6. The first-order valence-corrected chi connectivity index (χ1v) is 36.5. The number of amides is 4. The number of fused-ring (bicyclic) bond motifs is 5. The number of anilines is 3. The van der Waals surface area contributed by atoms with Crippen molar-refractivity contribution in [1.82, 2.24) is 16.0 Å². The van der Waals surface area contributed by atoms with Crippen molar-refractivity contribution in [2.75, 3.05) is 50.3 Å². The number of ether oxygens (including phenoxy) is 5. The summed E-state index contributed by atoms with van der Waals surface area (Å²) in [4.78, 5) is 56.4. The van der Waals surface area contributed by atoms with Gasteiger partial charge in [-0.2, -0.15) is 0 Å². The summed E-state index contributed by atoms with van der Waals surface area (Å²) in [5.41, 5.74) is 15.8. The van der Waals surface area contributed by atoms with Crippen molar-refractivity contribution in [3.05, 3.63) is 168 Å². The summed E-state index contributed by atoms with van der Waals surface area (Å²) in [5.74, 6) is 4.91. The molecule has 0 bridgehead atoms. The maximum absolute atomic E-state index is 14.7. The largest absolute Gasteiger partial charge is 0.497 e. The molecule has 0 aromatic heterocycles. The van der Waals surface area contributed by atoms with Crippen molar-refractivity contribution in [2.45, 2.75) is 181 Å². The fraction of sp³-hybridized carbons (Fsp3) is 0.494. The first kappa shape index (κ1) is 73.5. The summed E-state index contributed by atoms with van der Waals surface area (Å²) >= 11 is 0. The van der Waals surface area contributed by atoms with Crippen LogP contribution in [0, 0.1) is 46.3 Å². The van der Waals surface area contributed by atoms with Gasteiger partial charge in [0.25, 0.3) is 0 Å². The summed E-state index contributed by atoms with van der Waals surface area (Å²) in [5, 5.41) is 26.0. The number of nitrogen functional groups attached to an aromatic ring is 1. The highest BCUT2D eigenvalue weighted by atomic mass is 16.8. The summed E-state index contributed by atoms with van der Waals surface area (Å²) in [6, 6.07) is 43.1. The molecular formula is C83H108N6O10. The number of hydrogen-bond acceptors (Lipinski definition) is 12. The van der Waals surface area contributed by atoms with Crippen molar-refractivity contribution in [1.29, 1.82) is 0 Å². The maximum atomic E-state index is 14.7. The Bertz CT molecular complexity index is 3620. The Morgan fingerprint density at radius 2 is 1.30 bits per heavy atom. The Morgan fingerprint density at radius 3 is 2.03 bits per heavy atom. The second-order valence-electron chi connectivity index (χ2n) is 29.2. The first-order valence-electron chi connectivity index (χ1n) is 36.5. The second kappa shape index (κ2) is 35.2. The van der Waals surface area contributed by atoms with E-state index in [2.05, 4.69) is 104 Å². The number of carbonyl (C=O) groups is 4. The Balaban J connectivity index is 0.725. The van der Waals surface area contributed by atoms with Crippen LogP contribution in [-0.2, 0) is 41.7 Å². The molecule has 4 amide bonds. The van der Waals surface area contributed by atoms with E-state index >= 15 is 0 Å². The van der Waals surface area contributed by atoms with E-state index in [-0.39, 0.29) is 49.7 Å². The molecule has 0 spiro atoms. The third-order valence-corrected chi connectivity index (χ3v) is 22.2. The predicted molar refractivity (Wildman–Crippen MR) is 394 cm³/mol. The Morgan fingerprint density at radius 1 is 0.626 bits per heavy atom. The van der Waals surface area contributed by atoms with Gasteiger partial charge >= 0.3 is 6.48 Å². The number of aliphatic hydroxyl groups is 1.